The van der Waals surface area contributed by atoms with Crippen molar-refractivity contribution in [1.29, 1.82) is 0 Å². The number of aliphatic hydroxyl groups is 5. The number of aromatic nitrogens is 2. The predicted octanol–water partition coefficient (Wildman–Crippen LogP) is 5.43. The summed E-state index contributed by atoms with van der Waals surface area (Å²) in [6.07, 6.45) is 4.75. The Hall–Kier alpha value is -5.46. The number of aliphatic hydroxyl groups excluding tert-OH is 4. The van der Waals surface area contributed by atoms with Gasteiger partial charge in [0.2, 0.25) is 5.91 Å². The quantitative estimate of drug-likeness (QED) is 0.0519. The van der Waals surface area contributed by atoms with E-state index in [2.05, 4.69) is 17.2 Å². The van der Waals surface area contributed by atoms with E-state index in [-0.39, 0.29) is 41.1 Å². The molecule has 16 nitrogen and oxygen atoms in total. The van der Waals surface area contributed by atoms with Gasteiger partial charge >= 0.3 is 0 Å². The highest BCUT2D eigenvalue weighted by Gasteiger charge is 2.58. The topological polar surface area (TPSA) is 249 Å². The van der Waals surface area contributed by atoms with Crippen LogP contribution in [0.4, 0.5) is 0 Å². The van der Waals surface area contributed by atoms with Crippen molar-refractivity contribution in [2.75, 3.05) is 19.8 Å². The summed E-state index contributed by atoms with van der Waals surface area (Å²) in [5.74, 6) is 0.972. The Labute approximate surface area is 392 Å². The number of hydrogen-bond donors (Lipinski definition) is 9. The lowest BCUT2D eigenvalue weighted by Crippen LogP contribution is -2.59. The van der Waals surface area contributed by atoms with Crippen molar-refractivity contribution >= 4 is 38.6 Å². The van der Waals surface area contributed by atoms with Crippen LogP contribution >= 0.6 is 0 Å². The van der Waals surface area contributed by atoms with Crippen LogP contribution < -0.4 is 15.5 Å². The van der Waals surface area contributed by atoms with Crippen molar-refractivity contribution < 1.29 is 59.5 Å². The first kappa shape index (κ1) is 46.3. The maximum Gasteiger partial charge on any atom is 0.226 e. The zero-order valence-corrected chi connectivity index (χ0v) is 38.4. The molecule has 2 aliphatic carbocycles. The van der Waals surface area contributed by atoms with Crippen molar-refractivity contribution in [3.8, 4) is 22.9 Å². The Morgan fingerprint density at radius 3 is 2.54 bits per heavy atom. The standard InChI is InChI=1S/C52H61N3O13/c1-3-39-34-13-17-53-38(34)25-55(39)44-46-31(19-36-41(59)18-28(2)66-47(36)44)20-43(52(67-46)16-7-8-30(23-52)37-24-54-49(63)50(37)14-5-4-6-15-50)68-65-27-51(64,48(62)45(61)42(60)26-56)22-29-9-12-40(58)33-11-10-32(57)21-35(29)33/h9-13,17-19,21,25,30,37,42-43,45,48,53,56-58,60-62,64H,3-8,14-16,20,22-24,26-27H2,1-2H3,(H,54,63). The number of H-pyrrole nitrogens is 1. The molecule has 2 spiro atoms. The molecule has 6 aromatic rings. The first-order chi connectivity index (χ1) is 32.7. The number of amides is 1. The van der Waals surface area contributed by atoms with Crippen molar-refractivity contribution in [2.45, 2.75) is 127 Å². The van der Waals surface area contributed by atoms with E-state index in [1.807, 2.05) is 23.0 Å². The molecule has 1 saturated heterocycles. The monoisotopic (exact) mass is 935 g/mol. The van der Waals surface area contributed by atoms with E-state index >= 15 is 0 Å². The van der Waals surface area contributed by atoms with E-state index in [1.165, 1.54) is 36.4 Å². The minimum absolute atomic E-state index is 0.0431. The summed E-state index contributed by atoms with van der Waals surface area (Å²) in [6.45, 7) is 2.69. The Morgan fingerprint density at radius 2 is 1.76 bits per heavy atom. The number of carbonyl (C=O) groups is 1. The fourth-order valence-corrected chi connectivity index (χ4v) is 12.5. The summed E-state index contributed by atoms with van der Waals surface area (Å²) in [5, 5.41) is 81.7. The van der Waals surface area contributed by atoms with Gasteiger partial charge in [-0.1, -0.05) is 32.3 Å². The molecule has 8 atom stereocenters. The molecule has 10 rings (SSSR count). The Morgan fingerprint density at radius 1 is 0.956 bits per heavy atom. The molecule has 3 fully saturated rings. The molecule has 2 aliphatic heterocycles. The van der Waals surface area contributed by atoms with Gasteiger partial charge in [0.25, 0.3) is 0 Å². The number of fused-ring (bicyclic) bond motifs is 4. The van der Waals surface area contributed by atoms with Gasteiger partial charge in [0.1, 0.15) is 65.2 Å². The number of phenolic OH excluding ortho intramolecular Hbond substituents is 2. The van der Waals surface area contributed by atoms with Crippen LogP contribution in [0, 0.1) is 24.2 Å². The van der Waals surface area contributed by atoms with Gasteiger partial charge in [-0.15, -0.1) is 0 Å². The van der Waals surface area contributed by atoms with Crippen LogP contribution in [0.1, 0.15) is 87.3 Å². The SMILES string of the molecule is CCc1c2cc[nH]c2cn1-c1c2c(cc3c(=O)cc(C)oc13)CC(OOCC(O)(Cc1ccc(O)c3ccc(O)cc13)C(O)C(O)C(O)CO)C1(CCCC(C3CNC(=O)C34CCCCC4)C1)O2. The van der Waals surface area contributed by atoms with E-state index < -0.39 is 60.7 Å². The summed E-state index contributed by atoms with van der Waals surface area (Å²) in [6, 6.07) is 12.5. The Bertz CT molecular complexity index is 2930. The highest BCUT2D eigenvalue weighted by Crippen LogP contribution is 2.56. The average Bonchev–Trinajstić information content (AvgIpc) is 4.02. The zero-order valence-electron chi connectivity index (χ0n) is 38.4. The second-order valence-electron chi connectivity index (χ2n) is 20.0. The molecular formula is C52H61N3O13. The normalized spacial score (nSPS) is 24.8. The average molecular weight is 936 g/mol. The lowest BCUT2D eigenvalue weighted by molar-refractivity contribution is -0.375. The minimum Gasteiger partial charge on any atom is -0.508 e. The fraction of sp³-hybridized carbons (Fsp3) is 0.500. The number of aromatic hydroxyl groups is 2. The fourth-order valence-electron chi connectivity index (χ4n) is 12.5. The van der Waals surface area contributed by atoms with Gasteiger partial charge in [0, 0.05) is 59.9 Å². The molecule has 1 amide bonds. The molecule has 16 heteroatoms. The Kier molecular flexibility index (Phi) is 12.1. The number of phenols is 2. The third-order valence-electron chi connectivity index (χ3n) is 15.9. The number of aryl methyl sites for hydroxylation is 2. The maximum atomic E-state index is 13.9. The van der Waals surface area contributed by atoms with Gasteiger partial charge in [-0.3, -0.25) is 9.59 Å². The van der Waals surface area contributed by atoms with E-state index in [9.17, 15) is 45.3 Å². The third-order valence-corrected chi connectivity index (χ3v) is 15.9. The summed E-state index contributed by atoms with van der Waals surface area (Å²) in [5.41, 5.74) is -0.347. The van der Waals surface area contributed by atoms with Gasteiger partial charge in [0.05, 0.1) is 22.9 Å². The molecule has 4 aliphatic rings. The lowest BCUT2D eigenvalue weighted by atomic mass is 9.59. The summed E-state index contributed by atoms with van der Waals surface area (Å²) >= 11 is 0. The largest absolute Gasteiger partial charge is 0.508 e. The van der Waals surface area contributed by atoms with Crippen molar-refractivity contribution in [1.82, 2.24) is 14.9 Å². The first-order valence-electron chi connectivity index (χ1n) is 24.0. The van der Waals surface area contributed by atoms with Crippen LogP contribution in [0.5, 0.6) is 17.2 Å². The van der Waals surface area contributed by atoms with Crippen molar-refractivity contribution in [3.63, 3.8) is 0 Å². The number of rotatable bonds is 13. The van der Waals surface area contributed by atoms with Crippen LogP contribution in [0.25, 0.3) is 38.3 Å². The summed E-state index contributed by atoms with van der Waals surface area (Å²) in [7, 11) is 0. The second-order valence-corrected chi connectivity index (χ2v) is 20.0. The second kappa shape index (κ2) is 17.8. The first-order valence-corrected chi connectivity index (χ1v) is 24.0. The molecule has 3 aromatic heterocycles. The van der Waals surface area contributed by atoms with Gasteiger partial charge in [-0.25, -0.2) is 9.78 Å². The molecule has 3 aromatic carbocycles. The number of nitrogens with one attached hydrogen (secondary N) is 2. The third kappa shape index (κ3) is 7.74. The summed E-state index contributed by atoms with van der Waals surface area (Å²) in [4.78, 5) is 43.6. The van der Waals surface area contributed by atoms with Crippen LogP contribution in [-0.2, 0) is 33.8 Å². The lowest BCUT2D eigenvalue weighted by Gasteiger charge is -2.51. The van der Waals surface area contributed by atoms with Crippen LogP contribution in [0.3, 0.4) is 0 Å². The van der Waals surface area contributed by atoms with Crippen LogP contribution in [0.15, 0.2) is 70.1 Å². The molecule has 0 radical (unpaired) electrons. The molecule has 9 N–H and O–H groups in total. The van der Waals surface area contributed by atoms with Gasteiger partial charge in [-0.05, 0) is 111 Å². The molecule has 5 heterocycles. The smallest absolute Gasteiger partial charge is 0.226 e. The molecule has 68 heavy (non-hydrogen) atoms. The zero-order chi connectivity index (χ0) is 47.7. The number of ether oxygens (including phenoxy) is 1. The molecule has 2 saturated carbocycles. The predicted molar refractivity (Wildman–Crippen MR) is 251 cm³/mol. The van der Waals surface area contributed by atoms with E-state index in [4.69, 9.17) is 18.9 Å². The summed E-state index contributed by atoms with van der Waals surface area (Å²) < 4.78 is 16.0. The molecule has 0 bridgehead atoms. The van der Waals surface area contributed by atoms with Gasteiger partial charge in [0.15, 0.2) is 16.8 Å². The number of nitrogens with zero attached hydrogens (tertiary/aromatic N) is 1. The highest BCUT2D eigenvalue weighted by atomic mass is 17.2. The van der Waals surface area contributed by atoms with E-state index in [0.29, 0.717) is 75.9 Å². The number of aromatic amines is 1. The van der Waals surface area contributed by atoms with Crippen LogP contribution in [0.2, 0.25) is 0 Å². The maximum absolute atomic E-state index is 13.9. The number of carbonyl (C=O) groups excluding carboxylic acids is 1. The van der Waals surface area contributed by atoms with Crippen molar-refractivity contribution in [3.05, 3.63) is 93.7 Å². The van der Waals surface area contributed by atoms with Gasteiger partial charge < -0.3 is 59.8 Å². The molecular weight excluding hydrogens is 875 g/mol. The van der Waals surface area contributed by atoms with E-state index in [0.717, 1.165) is 61.5 Å². The highest BCUT2D eigenvalue weighted by molar-refractivity contribution is 5.93. The van der Waals surface area contributed by atoms with Crippen molar-refractivity contribution in [2.24, 2.45) is 17.3 Å². The molecule has 8 unspecified atom stereocenters. The van der Waals surface area contributed by atoms with Crippen LogP contribution in [-0.4, -0.2) is 107 Å². The van der Waals surface area contributed by atoms with Gasteiger partial charge in [-0.2, -0.15) is 0 Å². The van der Waals surface area contributed by atoms with E-state index in [1.54, 1.807) is 13.0 Å². The number of benzene rings is 3. The number of hydrogen-bond acceptors (Lipinski definition) is 13. The minimum atomic E-state index is -2.40. The molecule has 362 valence electrons. The Balaban J connectivity index is 1.07.